The summed E-state index contributed by atoms with van der Waals surface area (Å²) in [5.41, 5.74) is -1.28. The summed E-state index contributed by atoms with van der Waals surface area (Å²) >= 11 is 0. The second-order valence-electron chi connectivity index (χ2n) is 4.31. The number of nitrogens with one attached hydrogen (secondary N) is 2. The number of rotatable bonds is 4. The third-order valence-corrected chi connectivity index (χ3v) is 2.93. The number of methoxy groups -OCH3 is 1. The molecule has 1 saturated carbocycles. The first kappa shape index (κ1) is 13.1. The fourth-order valence-corrected chi connectivity index (χ4v) is 1.62. The molecule has 2 rings (SSSR count). The zero-order valence-electron chi connectivity index (χ0n) is 10.2. The number of carbonyl (C=O) groups is 2. The Balaban J connectivity index is 2.05. The standard InChI is InChI=1S/C12H13FN2O4/c1-19-7-2-3-8(13)9(6-7)14-11(18)15-12(4-5-12)10(16)17/h2-3,6H,4-5H2,1H3,(H,16,17)(H2,14,15,18). The number of benzene rings is 1. The monoisotopic (exact) mass is 268 g/mol. The van der Waals surface area contributed by atoms with Crippen LogP contribution in [0.4, 0.5) is 14.9 Å². The molecule has 7 heteroatoms. The smallest absolute Gasteiger partial charge is 0.329 e. The summed E-state index contributed by atoms with van der Waals surface area (Å²) in [6.07, 6.45) is 0.743. The topological polar surface area (TPSA) is 87.7 Å². The highest BCUT2D eigenvalue weighted by Crippen LogP contribution is 2.35. The molecule has 0 spiro atoms. The molecule has 2 amide bonds. The predicted octanol–water partition coefficient (Wildman–Crippen LogP) is 1.57. The molecule has 19 heavy (non-hydrogen) atoms. The van der Waals surface area contributed by atoms with Crippen LogP contribution in [0, 0.1) is 5.82 Å². The number of carbonyl (C=O) groups excluding carboxylic acids is 1. The van der Waals surface area contributed by atoms with Crippen molar-refractivity contribution in [1.29, 1.82) is 0 Å². The maximum Gasteiger partial charge on any atom is 0.329 e. The number of hydrogen-bond acceptors (Lipinski definition) is 3. The lowest BCUT2D eigenvalue weighted by atomic mass is 10.2. The third-order valence-electron chi connectivity index (χ3n) is 2.93. The number of aliphatic carboxylic acids is 1. The Kier molecular flexibility index (Phi) is 3.28. The maximum absolute atomic E-state index is 13.5. The lowest BCUT2D eigenvalue weighted by Gasteiger charge is -2.14. The molecule has 1 fully saturated rings. The Morgan fingerprint density at radius 3 is 2.63 bits per heavy atom. The summed E-state index contributed by atoms with van der Waals surface area (Å²) in [4.78, 5) is 22.5. The molecule has 1 aromatic rings. The van der Waals surface area contributed by atoms with E-state index in [1.807, 2.05) is 0 Å². The number of anilines is 1. The van der Waals surface area contributed by atoms with Gasteiger partial charge in [-0.25, -0.2) is 14.0 Å². The SMILES string of the molecule is COc1ccc(F)c(NC(=O)NC2(C(=O)O)CC2)c1. The van der Waals surface area contributed by atoms with Gasteiger partial charge in [0.2, 0.25) is 0 Å². The number of ether oxygens (including phenoxy) is 1. The van der Waals surface area contributed by atoms with E-state index in [-0.39, 0.29) is 5.69 Å². The van der Waals surface area contributed by atoms with Crippen molar-refractivity contribution in [1.82, 2.24) is 5.32 Å². The van der Waals surface area contributed by atoms with Crippen molar-refractivity contribution >= 4 is 17.7 Å². The third kappa shape index (κ3) is 2.75. The first-order valence-electron chi connectivity index (χ1n) is 5.63. The van der Waals surface area contributed by atoms with E-state index in [1.165, 1.54) is 19.2 Å². The first-order valence-corrected chi connectivity index (χ1v) is 5.63. The van der Waals surface area contributed by atoms with E-state index < -0.39 is 23.4 Å². The highest BCUT2D eigenvalue weighted by molar-refractivity contribution is 5.95. The number of hydrogen-bond donors (Lipinski definition) is 3. The number of amides is 2. The summed E-state index contributed by atoms with van der Waals surface area (Å²) < 4.78 is 18.4. The van der Waals surface area contributed by atoms with Crippen LogP contribution >= 0.6 is 0 Å². The van der Waals surface area contributed by atoms with Crippen molar-refractivity contribution in [3.63, 3.8) is 0 Å². The molecule has 6 nitrogen and oxygen atoms in total. The zero-order valence-corrected chi connectivity index (χ0v) is 10.2. The molecule has 0 unspecified atom stereocenters. The number of carboxylic acid groups (broad SMARTS) is 1. The van der Waals surface area contributed by atoms with Gasteiger partial charge in [-0.15, -0.1) is 0 Å². The van der Waals surface area contributed by atoms with Crippen LogP contribution < -0.4 is 15.4 Å². The van der Waals surface area contributed by atoms with E-state index in [9.17, 15) is 14.0 Å². The van der Waals surface area contributed by atoms with Gasteiger partial charge in [0.05, 0.1) is 12.8 Å². The van der Waals surface area contributed by atoms with E-state index >= 15 is 0 Å². The van der Waals surface area contributed by atoms with Crippen LogP contribution in [0.1, 0.15) is 12.8 Å². The minimum Gasteiger partial charge on any atom is -0.497 e. The van der Waals surface area contributed by atoms with Crippen molar-refractivity contribution in [3.05, 3.63) is 24.0 Å². The molecular formula is C12H13FN2O4. The second kappa shape index (κ2) is 4.75. The van der Waals surface area contributed by atoms with Crippen LogP contribution in [-0.2, 0) is 4.79 Å². The second-order valence-corrected chi connectivity index (χ2v) is 4.31. The molecule has 1 aromatic carbocycles. The van der Waals surface area contributed by atoms with Crippen LogP contribution in [0.2, 0.25) is 0 Å². The van der Waals surface area contributed by atoms with Crippen molar-refractivity contribution in [3.8, 4) is 5.75 Å². The molecule has 0 saturated heterocycles. The molecule has 0 atom stereocenters. The Morgan fingerprint density at radius 2 is 2.11 bits per heavy atom. The lowest BCUT2D eigenvalue weighted by Crippen LogP contribution is -2.45. The van der Waals surface area contributed by atoms with Gasteiger partial charge in [-0.1, -0.05) is 0 Å². The van der Waals surface area contributed by atoms with Gasteiger partial charge in [-0.05, 0) is 25.0 Å². The quantitative estimate of drug-likeness (QED) is 0.773. The molecule has 0 bridgehead atoms. The number of halogens is 1. The Hall–Kier alpha value is -2.31. The first-order chi connectivity index (χ1) is 8.97. The van der Waals surface area contributed by atoms with E-state index in [0.29, 0.717) is 18.6 Å². The van der Waals surface area contributed by atoms with Gasteiger partial charge in [0, 0.05) is 6.07 Å². The Morgan fingerprint density at radius 1 is 1.42 bits per heavy atom. The molecule has 1 aliphatic carbocycles. The lowest BCUT2D eigenvalue weighted by molar-refractivity contribution is -0.140. The fourth-order valence-electron chi connectivity index (χ4n) is 1.62. The highest BCUT2D eigenvalue weighted by atomic mass is 19.1. The van der Waals surface area contributed by atoms with Gasteiger partial charge in [0.25, 0.3) is 0 Å². The summed E-state index contributed by atoms with van der Waals surface area (Å²) in [6, 6.07) is 3.12. The van der Waals surface area contributed by atoms with Gasteiger partial charge in [-0.2, -0.15) is 0 Å². The van der Waals surface area contributed by atoms with E-state index in [0.717, 1.165) is 6.07 Å². The largest absolute Gasteiger partial charge is 0.497 e. The molecule has 0 heterocycles. The van der Waals surface area contributed by atoms with Gasteiger partial charge in [-0.3, -0.25) is 0 Å². The minimum atomic E-state index is -1.21. The maximum atomic E-state index is 13.5. The molecule has 3 N–H and O–H groups in total. The molecule has 0 aliphatic heterocycles. The Labute approximate surface area is 108 Å². The van der Waals surface area contributed by atoms with E-state index in [4.69, 9.17) is 9.84 Å². The average molecular weight is 268 g/mol. The number of carboxylic acids is 1. The van der Waals surface area contributed by atoms with Crippen LogP contribution in [0.3, 0.4) is 0 Å². The summed E-state index contributed by atoms with van der Waals surface area (Å²) in [5, 5.41) is 13.5. The van der Waals surface area contributed by atoms with Gasteiger partial charge in [0.15, 0.2) is 0 Å². The summed E-state index contributed by atoms with van der Waals surface area (Å²) in [7, 11) is 1.42. The van der Waals surface area contributed by atoms with Crippen molar-refractivity contribution in [2.45, 2.75) is 18.4 Å². The van der Waals surface area contributed by atoms with Crippen molar-refractivity contribution < 1.29 is 23.8 Å². The zero-order chi connectivity index (χ0) is 14.0. The van der Waals surface area contributed by atoms with Gasteiger partial charge in [0.1, 0.15) is 17.1 Å². The normalized spacial score (nSPS) is 15.5. The molecule has 0 aromatic heterocycles. The molecule has 102 valence electrons. The Bertz CT molecular complexity index is 528. The van der Waals surface area contributed by atoms with E-state index in [2.05, 4.69) is 10.6 Å². The van der Waals surface area contributed by atoms with Crippen LogP contribution in [0.5, 0.6) is 5.75 Å². The summed E-state index contributed by atoms with van der Waals surface area (Å²) in [5.74, 6) is -1.33. The fraction of sp³-hybridized carbons (Fsp3) is 0.333. The van der Waals surface area contributed by atoms with Crippen molar-refractivity contribution in [2.24, 2.45) is 0 Å². The minimum absolute atomic E-state index is 0.0713. The van der Waals surface area contributed by atoms with Crippen molar-refractivity contribution in [2.75, 3.05) is 12.4 Å². The number of urea groups is 1. The van der Waals surface area contributed by atoms with Crippen LogP contribution in [0.25, 0.3) is 0 Å². The molecule has 1 aliphatic rings. The highest BCUT2D eigenvalue weighted by Gasteiger charge is 2.51. The molecular weight excluding hydrogens is 255 g/mol. The van der Waals surface area contributed by atoms with Crippen LogP contribution in [-0.4, -0.2) is 29.8 Å². The predicted molar refractivity (Wildman–Crippen MR) is 64.7 cm³/mol. The molecule has 0 radical (unpaired) electrons. The van der Waals surface area contributed by atoms with Gasteiger partial charge >= 0.3 is 12.0 Å². The van der Waals surface area contributed by atoms with E-state index in [1.54, 1.807) is 0 Å². The van der Waals surface area contributed by atoms with Gasteiger partial charge < -0.3 is 20.5 Å². The summed E-state index contributed by atoms with van der Waals surface area (Å²) in [6.45, 7) is 0. The average Bonchev–Trinajstić information content (AvgIpc) is 3.13. The van der Waals surface area contributed by atoms with Crippen LogP contribution in [0.15, 0.2) is 18.2 Å².